The van der Waals surface area contributed by atoms with Crippen LogP contribution < -0.4 is 10.9 Å². The highest BCUT2D eigenvalue weighted by molar-refractivity contribution is 8.26. The average Bonchev–Trinajstić information content (AvgIpc) is 3.30. The number of thiocarbonyl (C=S) groups is 1. The molecule has 0 radical (unpaired) electrons. The van der Waals surface area contributed by atoms with Crippen LogP contribution in [0.4, 0.5) is 5.69 Å². The Bertz CT molecular complexity index is 1490. The molecular formula is C27H26N4O5S2. The SMILES string of the molecule is COC(=O)c1ccc(/C=C2\SC(=S)N(CCCC(=O)Nc3c(C)n(C)n(-c4ccccc4)c3=O)C2=O)cc1. The van der Waals surface area contributed by atoms with E-state index in [0.29, 0.717) is 32.6 Å². The molecule has 1 fully saturated rings. The Morgan fingerprint density at radius 1 is 1.08 bits per heavy atom. The van der Waals surface area contributed by atoms with Crippen LogP contribution in [0.25, 0.3) is 11.8 Å². The molecule has 196 valence electrons. The first-order valence-electron chi connectivity index (χ1n) is 11.8. The number of carbonyl (C=O) groups excluding carboxylic acids is 3. The van der Waals surface area contributed by atoms with Gasteiger partial charge in [0.2, 0.25) is 5.91 Å². The molecular weight excluding hydrogens is 524 g/mol. The lowest BCUT2D eigenvalue weighted by Gasteiger charge is -2.14. The van der Waals surface area contributed by atoms with E-state index in [0.717, 1.165) is 5.56 Å². The van der Waals surface area contributed by atoms with E-state index >= 15 is 0 Å². The highest BCUT2D eigenvalue weighted by Crippen LogP contribution is 2.32. The third-order valence-electron chi connectivity index (χ3n) is 6.11. The van der Waals surface area contributed by atoms with Crippen molar-refractivity contribution in [3.05, 3.63) is 86.7 Å². The van der Waals surface area contributed by atoms with E-state index in [9.17, 15) is 19.2 Å². The van der Waals surface area contributed by atoms with Crippen molar-refractivity contribution in [1.29, 1.82) is 0 Å². The van der Waals surface area contributed by atoms with E-state index in [-0.39, 0.29) is 36.0 Å². The number of benzene rings is 2. The predicted octanol–water partition coefficient (Wildman–Crippen LogP) is 3.89. The minimum absolute atomic E-state index is 0.115. The number of amides is 2. The minimum Gasteiger partial charge on any atom is -0.465 e. The first kappa shape index (κ1) is 27.1. The highest BCUT2D eigenvalue weighted by atomic mass is 32.2. The van der Waals surface area contributed by atoms with Gasteiger partial charge in [0.15, 0.2) is 0 Å². The molecule has 11 heteroatoms. The van der Waals surface area contributed by atoms with Crippen LogP contribution >= 0.6 is 24.0 Å². The largest absolute Gasteiger partial charge is 0.465 e. The maximum Gasteiger partial charge on any atom is 0.337 e. The normalized spacial score (nSPS) is 14.3. The van der Waals surface area contributed by atoms with Crippen LogP contribution in [-0.2, 0) is 21.4 Å². The number of aromatic nitrogens is 2. The molecule has 0 unspecified atom stereocenters. The number of rotatable bonds is 8. The number of nitrogens with one attached hydrogen (secondary N) is 1. The third kappa shape index (κ3) is 5.63. The number of para-hydroxylation sites is 1. The quantitative estimate of drug-likeness (QED) is 0.258. The Morgan fingerprint density at radius 2 is 1.76 bits per heavy atom. The maximum absolute atomic E-state index is 13.0. The predicted molar refractivity (Wildman–Crippen MR) is 151 cm³/mol. The number of methoxy groups -OCH3 is 1. The number of thioether (sulfide) groups is 1. The molecule has 1 N–H and O–H groups in total. The van der Waals surface area contributed by atoms with Gasteiger partial charge in [-0.2, -0.15) is 0 Å². The molecule has 4 rings (SSSR count). The van der Waals surface area contributed by atoms with Crippen molar-refractivity contribution < 1.29 is 19.1 Å². The zero-order chi connectivity index (χ0) is 27.4. The topological polar surface area (TPSA) is 103 Å². The number of carbonyl (C=O) groups is 3. The van der Waals surface area contributed by atoms with E-state index in [2.05, 4.69) is 5.32 Å². The number of hydrogen-bond donors (Lipinski definition) is 1. The lowest BCUT2D eigenvalue weighted by Crippen LogP contribution is -2.30. The average molecular weight is 551 g/mol. The molecule has 2 heterocycles. The van der Waals surface area contributed by atoms with Gasteiger partial charge < -0.3 is 10.1 Å². The van der Waals surface area contributed by atoms with Gasteiger partial charge in [0.25, 0.3) is 11.5 Å². The van der Waals surface area contributed by atoms with E-state index in [1.807, 2.05) is 30.3 Å². The number of esters is 1. The number of anilines is 1. The molecule has 1 aromatic heterocycles. The van der Waals surface area contributed by atoms with E-state index in [1.54, 1.807) is 49.0 Å². The molecule has 0 saturated carbocycles. The van der Waals surface area contributed by atoms with Gasteiger partial charge in [-0.3, -0.25) is 24.0 Å². The molecule has 0 aliphatic carbocycles. The summed E-state index contributed by atoms with van der Waals surface area (Å²) in [5.41, 5.74) is 2.41. The van der Waals surface area contributed by atoms with Crippen molar-refractivity contribution in [2.24, 2.45) is 7.05 Å². The summed E-state index contributed by atoms with van der Waals surface area (Å²) in [6.45, 7) is 2.05. The van der Waals surface area contributed by atoms with Gasteiger partial charge in [-0.05, 0) is 49.2 Å². The zero-order valence-electron chi connectivity index (χ0n) is 21.1. The second-order valence-corrected chi connectivity index (χ2v) is 10.2. The summed E-state index contributed by atoms with van der Waals surface area (Å²) in [4.78, 5) is 52.1. The van der Waals surface area contributed by atoms with Crippen molar-refractivity contribution in [1.82, 2.24) is 14.3 Å². The van der Waals surface area contributed by atoms with E-state index in [1.165, 1.54) is 28.5 Å². The zero-order valence-corrected chi connectivity index (χ0v) is 22.7. The van der Waals surface area contributed by atoms with Crippen LogP contribution in [0.3, 0.4) is 0 Å². The van der Waals surface area contributed by atoms with Gasteiger partial charge in [0.05, 0.1) is 29.0 Å². The fourth-order valence-corrected chi connectivity index (χ4v) is 5.30. The molecule has 1 aliphatic heterocycles. The fourth-order valence-electron chi connectivity index (χ4n) is 3.99. The van der Waals surface area contributed by atoms with Gasteiger partial charge in [-0.25, -0.2) is 9.48 Å². The number of nitrogens with zero attached hydrogens (tertiary/aromatic N) is 3. The fraction of sp³-hybridized carbons (Fsp3) is 0.222. The summed E-state index contributed by atoms with van der Waals surface area (Å²) in [7, 11) is 3.07. The Kier molecular flexibility index (Phi) is 8.28. The lowest BCUT2D eigenvalue weighted by atomic mass is 10.1. The van der Waals surface area contributed by atoms with Crippen LogP contribution in [0.2, 0.25) is 0 Å². The number of ether oxygens (including phenoxy) is 1. The van der Waals surface area contributed by atoms with Crippen molar-refractivity contribution in [2.45, 2.75) is 19.8 Å². The van der Waals surface area contributed by atoms with Crippen molar-refractivity contribution in [3.8, 4) is 5.69 Å². The van der Waals surface area contributed by atoms with Crippen LogP contribution in [0.5, 0.6) is 0 Å². The lowest BCUT2D eigenvalue weighted by molar-refractivity contribution is -0.122. The van der Waals surface area contributed by atoms with E-state index in [4.69, 9.17) is 17.0 Å². The Balaban J connectivity index is 1.36. The molecule has 0 bridgehead atoms. The van der Waals surface area contributed by atoms with Gasteiger partial charge in [-0.15, -0.1) is 0 Å². The Hall–Kier alpha value is -3.96. The summed E-state index contributed by atoms with van der Waals surface area (Å²) < 4.78 is 8.31. The standard InChI is InChI=1S/C27H26N4O5S2/c1-17-23(25(34)31(29(17)2)20-8-5-4-6-9-20)28-22(32)10-7-15-30-24(33)21(38-27(30)37)16-18-11-13-19(14-12-18)26(35)36-3/h4-6,8-9,11-14,16H,7,10,15H2,1-3H3,(H,28,32)/b21-16-. The van der Waals surface area contributed by atoms with Crippen molar-refractivity contribution >= 4 is 57.8 Å². The molecule has 2 amide bonds. The molecule has 9 nitrogen and oxygen atoms in total. The monoisotopic (exact) mass is 550 g/mol. The van der Waals surface area contributed by atoms with Gasteiger partial charge in [0, 0.05) is 20.0 Å². The summed E-state index contributed by atoms with van der Waals surface area (Å²) in [6.07, 6.45) is 2.20. The summed E-state index contributed by atoms with van der Waals surface area (Å²) in [5, 5.41) is 2.74. The Morgan fingerprint density at radius 3 is 2.42 bits per heavy atom. The molecule has 0 spiro atoms. The first-order valence-corrected chi connectivity index (χ1v) is 13.0. The van der Waals surface area contributed by atoms with Crippen LogP contribution in [0.15, 0.2) is 64.3 Å². The van der Waals surface area contributed by atoms with Gasteiger partial charge in [-0.1, -0.05) is 54.3 Å². The maximum atomic E-state index is 13.0. The molecule has 38 heavy (non-hydrogen) atoms. The molecule has 0 atom stereocenters. The molecule has 1 aliphatic rings. The van der Waals surface area contributed by atoms with Crippen LogP contribution in [-0.4, -0.2) is 50.0 Å². The first-order chi connectivity index (χ1) is 18.2. The summed E-state index contributed by atoms with van der Waals surface area (Å²) in [5.74, 6) is -0.985. The summed E-state index contributed by atoms with van der Waals surface area (Å²) >= 11 is 6.57. The molecule has 3 aromatic rings. The van der Waals surface area contributed by atoms with Crippen molar-refractivity contribution in [2.75, 3.05) is 19.0 Å². The third-order valence-corrected chi connectivity index (χ3v) is 7.49. The van der Waals surface area contributed by atoms with Crippen LogP contribution in [0, 0.1) is 6.92 Å². The second-order valence-electron chi connectivity index (χ2n) is 8.54. The van der Waals surface area contributed by atoms with Crippen molar-refractivity contribution in [3.63, 3.8) is 0 Å². The van der Waals surface area contributed by atoms with E-state index < -0.39 is 5.97 Å². The summed E-state index contributed by atoms with van der Waals surface area (Å²) in [6, 6.07) is 15.9. The minimum atomic E-state index is -0.434. The second kappa shape index (κ2) is 11.6. The molecule has 1 saturated heterocycles. The number of hydrogen-bond acceptors (Lipinski definition) is 7. The Labute approximate surface area is 229 Å². The van der Waals surface area contributed by atoms with Gasteiger partial charge >= 0.3 is 5.97 Å². The highest BCUT2D eigenvalue weighted by Gasteiger charge is 2.31. The van der Waals surface area contributed by atoms with Gasteiger partial charge in [0.1, 0.15) is 10.0 Å². The molecule has 2 aromatic carbocycles. The van der Waals surface area contributed by atoms with Crippen LogP contribution in [0.1, 0.15) is 34.5 Å². The smallest absolute Gasteiger partial charge is 0.337 e.